The van der Waals surface area contributed by atoms with E-state index < -0.39 is 0 Å². The quantitative estimate of drug-likeness (QED) is 0.762. The van der Waals surface area contributed by atoms with Gasteiger partial charge in [-0.25, -0.2) is 4.99 Å². The predicted octanol–water partition coefficient (Wildman–Crippen LogP) is 2.95. The van der Waals surface area contributed by atoms with Crippen LogP contribution >= 0.6 is 0 Å². The number of hydrogen-bond acceptors (Lipinski definition) is 4. The van der Waals surface area contributed by atoms with Crippen LogP contribution in [0.15, 0.2) is 65.7 Å². The molecule has 1 saturated heterocycles. The van der Waals surface area contributed by atoms with E-state index in [1.807, 2.05) is 36.4 Å². The van der Waals surface area contributed by atoms with Crippen LogP contribution < -0.4 is 0 Å². The van der Waals surface area contributed by atoms with Crippen molar-refractivity contribution in [3.63, 3.8) is 0 Å². The average molecular weight is 389 g/mol. The molecule has 0 saturated carbocycles. The first-order valence-electron chi connectivity index (χ1n) is 10.4. The van der Waals surface area contributed by atoms with Crippen molar-refractivity contribution in [1.29, 1.82) is 0 Å². The number of amides is 1. The summed E-state index contributed by atoms with van der Waals surface area (Å²) in [6.45, 7) is 4.63. The lowest BCUT2D eigenvalue weighted by atomic mass is 9.96. The Hall–Kier alpha value is -2.79. The molecule has 0 aliphatic carbocycles. The molecule has 1 amide bonds. The average Bonchev–Trinajstić information content (AvgIpc) is 3.10. The Morgan fingerprint density at radius 2 is 1.52 bits per heavy atom. The van der Waals surface area contributed by atoms with Crippen LogP contribution in [0.4, 0.5) is 0 Å². The Bertz CT molecular complexity index is 872. The highest BCUT2D eigenvalue weighted by molar-refractivity contribution is 6.04. The van der Waals surface area contributed by atoms with Crippen LogP contribution in [0.3, 0.4) is 0 Å². The number of carbonyl (C=O) groups excluding carboxylic acids is 2. The predicted molar refractivity (Wildman–Crippen MR) is 114 cm³/mol. The van der Waals surface area contributed by atoms with E-state index in [4.69, 9.17) is 0 Å². The van der Waals surface area contributed by atoms with Gasteiger partial charge in [0.15, 0.2) is 0 Å². The number of piperazine rings is 1. The number of hydrogen-bond donors (Lipinski definition) is 0. The van der Waals surface area contributed by atoms with Crippen molar-refractivity contribution in [2.45, 2.75) is 25.8 Å². The number of ketones is 1. The highest BCUT2D eigenvalue weighted by Gasteiger charge is 2.32. The summed E-state index contributed by atoms with van der Waals surface area (Å²) < 4.78 is 0. The van der Waals surface area contributed by atoms with Gasteiger partial charge in [-0.15, -0.1) is 0 Å². The minimum atomic E-state index is -0.288. The van der Waals surface area contributed by atoms with Gasteiger partial charge in [-0.1, -0.05) is 60.7 Å². The molecule has 29 heavy (non-hydrogen) atoms. The molecule has 0 aromatic heterocycles. The molecule has 0 N–H and O–H groups in total. The van der Waals surface area contributed by atoms with E-state index in [-0.39, 0.29) is 24.0 Å². The molecule has 2 aromatic rings. The fourth-order valence-electron chi connectivity index (χ4n) is 4.11. The van der Waals surface area contributed by atoms with Gasteiger partial charge in [0.1, 0.15) is 11.6 Å². The van der Waals surface area contributed by atoms with E-state index in [1.54, 1.807) is 0 Å². The molecular weight excluding hydrogens is 362 g/mol. The molecule has 5 nitrogen and oxygen atoms in total. The summed E-state index contributed by atoms with van der Waals surface area (Å²) >= 11 is 0. The van der Waals surface area contributed by atoms with Gasteiger partial charge in [0.2, 0.25) is 0 Å². The van der Waals surface area contributed by atoms with Crippen LogP contribution in [0.25, 0.3) is 0 Å². The van der Waals surface area contributed by atoms with Gasteiger partial charge in [-0.2, -0.15) is 0 Å². The molecule has 2 aliphatic rings. The number of aliphatic imine (C=N–C) groups is 1. The number of nitrogens with zero attached hydrogens (tertiary/aromatic N) is 3. The molecule has 2 aliphatic heterocycles. The lowest BCUT2D eigenvalue weighted by Crippen LogP contribution is -2.48. The molecule has 2 heterocycles. The van der Waals surface area contributed by atoms with Gasteiger partial charge < -0.3 is 4.90 Å². The third kappa shape index (κ3) is 5.18. The van der Waals surface area contributed by atoms with Crippen molar-refractivity contribution in [3.8, 4) is 0 Å². The Morgan fingerprint density at radius 3 is 2.17 bits per heavy atom. The number of rotatable bonds is 6. The standard InChI is InChI=1S/C24H27N3O2/c28-22(15-19-7-3-1-4-8-19)16-21-17-23(25-24(21)29)27-13-11-26(12-14-27)18-20-9-5-2-6-10-20/h1-10,21H,11-18H2. The number of amidine groups is 1. The van der Waals surface area contributed by atoms with E-state index in [0.29, 0.717) is 12.8 Å². The van der Waals surface area contributed by atoms with Gasteiger partial charge >= 0.3 is 0 Å². The lowest BCUT2D eigenvalue weighted by molar-refractivity contribution is -0.126. The maximum Gasteiger partial charge on any atom is 0.251 e. The maximum absolute atomic E-state index is 12.4. The zero-order chi connectivity index (χ0) is 20.1. The van der Waals surface area contributed by atoms with E-state index >= 15 is 0 Å². The van der Waals surface area contributed by atoms with E-state index in [0.717, 1.165) is 44.1 Å². The number of benzene rings is 2. The largest absolute Gasteiger partial charge is 0.357 e. The first-order valence-corrected chi connectivity index (χ1v) is 10.4. The minimum Gasteiger partial charge on any atom is -0.357 e. The first kappa shape index (κ1) is 19.5. The number of Topliss-reactive ketones (excluding diaryl/α,β-unsaturated/α-hetero) is 1. The summed E-state index contributed by atoms with van der Waals surface area (Å²) in [5.74, 6) is 0.558. The van der Waals surface area contributed by atoms with Crippen LogP contribution in [0.1, 0.15) is 24.0 Å². The van der Waals surface area contributed by atoms with E-state index in [9.17, 15) is 9.59 Å². The van der Waals surface area contributed by atoms with Crippen LogP contribution in [0.5, 0.6) is 0 Å². The van der Waals surface area contributed by atoms with Crippen LogP contribution in [-0.2, 0) is 22.6 Å². The van der Waals surface area contributed by atoms with Crippen molar-refractivity contribution in [1.82, 2.24) is 9.80 Å². The molecule has 150 valence electrons. The third-order valence-electron chi connectivity index (χ3n) is 5.72. The van der Waals surface area contributed by atoms with Gasteiger partial charge in [-0.3, -0.25) is 14.5 Å². The molecule has 2 aromatic carbocycles. The van der Waals surface area contributed by atoms with E-state index in [2.05, 4.69) is 39.1 Å². The van der Waals surface area contributed by atoms with Crippen LogP contribution in [-0.4, -0.2) is 53.5 Å². The molecule has 4 rings (SSSR count). The van der Waals surface area contributed by atoms with Crippen molar-refractivity contribution in [2.75, 3.05) is 26.2 Å². The zero-order valence-corrected chi connectivity index (χ0v) is 16.7. The fraction of sp³-hybridized carbons (Fsp3) is 0.375. The van der Waals surface area contributed by atoms with E-state index in [1.165, 1.54) is 5.56 Å². The molecule has 5 heteroatoms. The SMILES string of the molecule is O=C(Cc1ccccc1)CC1CC(N2CCN(Cc3ccccc3)CC2)=NC1=O. The summed E-state index contributed by atoms with van der Waals surface area (Å²) in [6.07, 6.45) is 1.27. The lowest BCUT2D eigenvalue weighted by Gasteiger charge is -2.36. The molecule has 0 bridgehead atoms. The van der Waals surface area contributed by atoms with Crippen molar-refractivity contribution < 1.29 is 9.59 Å². The van der Waals surface area contributed by atoms with Gasteiger partial charge in [0, 0.05) is 52.0 Å². The van der Waals surface area contributed by atoms with Gasteiger partial charge in [-0.05, 0) is 11.1 Å². The molecule has 1 unspecified atom stereocenters. The Morgan fingerprint density at radius 1 is 0.897 bits per heavy atom. The van der Waals surface area contributed by atoms with Crippen LogP contribution in [0.2, 0.25) is 0 Å². The normalized spacial score (nSPS) is 20.0. The maximum atomic E-state index is 12.4. The molecule has 0 spiro atoms. The summed E-state index contributed by atoms with van der Waals surface area (Å²) in [6, 6.07) is 20.2. The van der Waals surface area contributed by atoms with Gasteiger partial charge in [0.25, 0.3) is 5.91 Å². The molecule has 0 radical (unpaired) electrons. The highest BCUT2D eigenvalue weighted by atomic mass is 16.2. The summed E-state index contributed by atoms with van der Waals surface area (Å²) in [7, 11) is 0. The second-order valence-electron chi connectivity index (χ2n) is 7.92. The number of carbonyl (C=O) groups is 2. The fourth-order valence-corrected chi connectivity index (χ4v) is 4.11. The topological polar surface area (TPSA) is 53.0 Å². The molecular formula is C24H27N3O2. The highest BCUT2D eigenvalue weighted by Crippen LogP contribution is 2.23. The second kappa shape index (κ2) is 9.14. The van der Waals surface area contributed by atoms with Gasteiger partial charge in [0.05, 0.1) is 5.92 Å². The smallest absolute Gasteiger partial charge is 0.251 e. The summed E-state index contributed by atoms with van der Waals surface area (Å²) in [4.78, 5) is 33.7. The first-order chi connectivity index (χ1) is 14.2. The Labute approximate surface area is 172 Å². The minimum absolute atomic E-state index is 0.110. The molecule has 1 fully saturated rings. The Kier molecular flexibility index (Phi) is 6.15. The Balaban J connectivity index is 1.25. The van der Waals surface area contributed by atoms with Crippen LogP contribution in [0, 0.1) is 5.92 Å². The molecule has 1 atom stereocenters. The van der Waals surface area contributed by atoms with Crippen molar-refractivity contribution in [2.24, 2.45) is 10.9 Å². The summed E-state index contributed by atoms with van der Waals surface area (Å²) in [5, 5.41) is 0. The monoisotopic (exact) mass is 389 g/mol. The second-order valence-corrected chi connectivity index (χ2v) is 7.92. The zero-order valence-electron chi connectivity index (χ0n) is 16.7. The summed E-state index contributed by atoms with van der Waals surface area (Å²) in [5.41, 5.74) is 2.32. The third-order valence-corrected chi connectivity index (χ3v) is 5.72. The van der Waals surface area contributed by atoms with Crippen molar-refractivity contribution >= 4 is 17.5 Å². The van der Waals surface area contributed by atoms with Crippen molar-refractivity contribution in [3.05, 3.63) is 71.8 Å².